The molecule has 0 atom stereocenters. The summed E-state index contributed by atoms with van der Waals surface area (Å²) in [5.74, 6) is -0.331. The number of ether oxygens (including phenoxy) is 1. The maximum atomic E-state index is 10.4. The van der Waals surface area contributed by atoms with Gasteiger partial charge in [-0.15, -0.1) is 12.4 Å². The maximum Gasteiger partial charge on any atom is 0.330 e. The van der Waals surface area contributed by atoms with Crippen LogP contribution >= 0.6 is 12.4 Å². The second-order valence-electron chi connectivity index (χ2n) is 1.46. The van der Waals surface area contributed by atoms with E-state index in [0.29, 0.717) is 13.2 Å². The predicted molar refractivity (Wildman–Crippen MR) is 42.1 cm³/mol. The zero-order chi connectivity index (χ0) is 7.11. The number of carbonyl (C=O) groups excluding carboxylic acids is 1. The molecular formula is C6H12ClNO2. The number of halogens is 1. The normalized spacial score (nSPS) is 9.00. The van der Waals surface area contributed by atoms with Crippen molar-refractivity contribution >= 4 is 18.4 Å². The minimum absolute atomic E-state index is 0. The van der Waals surface area contributed by atoms with Crippen LogP contribution in [0.15, 0.2) is 12.2 Å². The van der Waals surface area contributed by atoms with E-state index in [0.717, 1.165) is 0 Å². The second-order valence-corrected chi connectivity index (χ2v) is 1.46. The fourth-order valence-electron chi connectivity index (χ4n) is 0.344. The van der Waals surface area contributed by atoms with Crippen molar-refractivity contribution in [1.82, 2.24) is 0 Å². The molecule has 2 N–H and O–H groups in total. The van der Waals surface area contributed by atoms with Gasteiger partial charge in [0.2, 0.25) is 0 Å². The highest BCUT2D eigenvalue weighted by atomic mass is 35.5. The molecule has 3 nitrogen and oxygen atoms in total. The van der Waals surface area contributed by atoms with Gasteiger partial charge in [-0.2, -0.15) is 0 Å². The van der Waals surface area contributed by atoms with E-state index in [-0.39, 0.29) is 18.4 Å². The van der Waals surface area contributed by atoms with Gasteiger partial charge in [0.1, 0.15) is 6.61 Å². The minimum Gasteiger partial charge on any atom is -0.461 e. The van der Waals surface area contributed by atoms with Crippen LogP contribution in [0.2, 0.25) is 0 Å². The van der Waals surface area contributed by atoms with Gasteiger partial charge in [0.15, 0.2) is 0 Å². The number of carbonyl (C=O) groups is 1. The third-order valence-electron chi connectivity index (χ3n) is 0.665. The fraction of sp³-hybridized carbons (Fsp3) is 0.500. The Labute approximate surface area is 66.6 Å². The van der Waals surface area contributed by atoms with Crippen molar-refractivity contribution in [3.63, 3.8) is 0 Å². The molecule has 0 unspecified atom stereocenters. The summed E-state index contributed by atoms with van der Waals surface area (Å²) >= 11 is 0. The number of nitrogens with two attached hydrogens (primary N) is 1. The standard InChI is InChI=1S/C6H11NO2.ClH/c1-2-3-6(8)9-5-4-7;/h2-3H,4-5,7H2,1H3;1H/b3-2+;. The minimum atomic E-state index is -0.331. The lowest BCUT2D eigenvalue weighted by Crippen LogP contribution is -2.11. The first-order valence-corrected chi connectivity index (χ1v) is 2.80. The van der Waals surface area contributed by atoms with Crippen LogP contribution in [0.5, 0.6) is 0 Å². The van der Waals surface area contributed by atoms with Crippen molar-refractivity contribution in [2.24, 2.45) is 5.73 Å². The molecule has 0 aliphatic rings. The highest BCUT2D eigenvalue weighted by Gasteiger charge is 1.91. The number of allylic oxidation sites excluding steroid dienone is 1. The Kier molecular flexibility index (Phi) is 10.3. The van der Waals surface area contributed by atoms with Crippen molar-refractivity contribution in [2.45, 2.75) is 6.92 Å². The van der Waals surface area contributed by atoms with Crippen LogP contribution in [-0.2, 0) is 9.53 Å². The molecule has 0 spiro atoms. The third kappa shape index (κ3) is 7.46. The molecule has 0 rings (SSSR count). The van der Waals surface area contributed by atoms with Gasteiger partial charge in [0, 0.05) is 12.6 Å². The van der Waals surface area contributed by atoms with Crippen molar-refractivity contribution in [2.75, 3.05) is 13.2 Å². The maximum absolute atomic E-state index is 10.4. The number of hydrogen-bond donors (Lipinski definition) is 1. The summed E-state index contributed by atoms with van der Waals surface area (Å²) in [6, 6.07) is 0. The van der Waals surface area contributed by atoms with Gasteiger partial charge in [-0.05, 0) is 6.92 Å². The summed E-state index contributed by atoms with van der Waals surface area (Å²) in [7, 11) is 0. The van der Waals surface area contributed by atoms with Crippen molar-refractivity contribution in [3.05, 3.63) is 12.2 Å². The highest BCUT2D eigenvalue weighted by molar-refractivity contribution is 5.85. The van der Waals surface area contributed by atoms with Gasteiger partial charge in [-0.3, -0.25) is 0 Å². The number of rotatable bonds is 3. The third-order valence-corrected chi connectivity index (χ3v) is 0.665. The number of hydrogen-bond acceptors (Lipinski definition) is 3. The average Bonchev–Trinajstić information content (AvgIpc) is 1.85. The quantitative estimate of drug-likeness (QED) is 0.489. The summed E-state index contributed by atoms with van der Waals surface area (Å²) in [5.41, 5.74) is 5.07. The molecule has 4 heteroatoms. The van der Waals surface area contributed by atoms with Gasteiger partial charge in [0.25, 0.3) is 0 Å². The van der Waals surface area contributed by atoms with Crippen molar-refractivity contribution in [3.8, 4) is 0 Å². The molecule has 0 aromatic carbocycles. The van der Waals surface area contributed by atoms with E-state index in [2.05, 4.69) is 4.74 Å². The Morgan fingerprint density at radius 3 is 2.70 bits per heavy atom. The van der Waals surface area contributed by atoms with Gasteiger partial charge in [0.05, 0.1) is 0 Å². The molecule has 10 heavy (non-hydrogen) atoms. The average molecular weight is 166 g/mol. The van der Waals surface area contributed by atoms with E-state index in [1.54, 1.807) is 13.0 Å². The van der Waals surface area contributed by atoms with Crippen LogP contribution in [-0.4, -0.2) is 19.1 Å². The Bertz CT molecular complexity index is 114. The predicted octanol–water partition coefficient (Wildman–Crippen LogP) is 0.486. The zero-order valence-electron chi connectivity index (χ0n) is 5.87. The highest BCUT2D eigenvalue weighted by Crippen LogP contribution is 1.78. The first-order chi connectivity index (χ1) is 4.31. The first kappa shape index (κ1) is 12.2. The summed E-state index contributed by atoms with van der Waals surface area (Å²) in [4.78, 5) is 10.4. The lowest BCUT2D eigenvalue weighted by Gasteiger charge is -1.95. The monoisotopic (exact) mass is 165 g/mol. The largest absolute Gasteiger partial charge is 0.461 e. The molecule has 60 valence electrons. The summed E-state index contributed by atoms with van der Waals surface area (Å²) in [5, 5.41) is 0. The van der Waals surface area contributed by atoms with Gasteiger partial charge in [-0.1, -0.05) is 6.08 Å². The molecule has 0 aliphatic carbocycles. The van der Waals surface area contributed by atoms with E-state index in [1.807, 2.05) is 0 Å². The lowest BCUT2D eigenvalue weighted by atomic mass is 10.5. The van der Waals surface area contributed by atoms with Crippen LogP contribution in [0.25, 0.3) is 0 Å². The Morgan fingerprint density at radius 2 is 2.30 bits per heavy atom. The van der Waals surface area contributed by atoms with Crippen LogP contribution in [0.4, 0.5) is 0 Å². The Hall–Kier alpha value is -0.540. The van der Waals surface area contributed by atoms with E-state index < -0.39 is 0 Å². The smallest absolute Gasteiger partial charge is 0.330 e. The van der Waals surface area contributed by atoms with E-state index >= 15 is 0 Å². The molecule has 0 radical (unpaired) electrons. The van der Waals surface area contributed by atoms with Crippen LogP contribution < -0.4 is 5.73 Å². The molecule has 0 bridgehead atoms. The first-order valence-electron chi connectivity index (χ1n) is 2.80. The SMILES string of the molecule is C/C=C/C(=O)OCCN.Cl. The topological polar surface area (TPSA) is 52.3 Å². The van der Waals surface area contributed by atoms with Crippen molar-refractivity contribution < 1.29 is 9.53 Å². The molecule has 0 saturated carbocycles. The van der Waals surface area contributed by atoms with E-state index in [1.165, 1.54) is 6.08 Å². The molecule has 0 fully saturated rings. The lowest BCUT2D eigenvalue weighted by molar-refractivity contribution is -0.137. The molecule has 0 aromatic rings. The summed E-state index contributed by atoms with van der Waals surface area (Å²) in [6.07, 6.45) is 2.98. The van der Waals surface area contributed by atoms with Crippen LogP contribution in [0, 0.1) is 0 Å². The molecule has 0 aromatic heterocycles. The second kappa shape index (κ2) is 8.46. The van der Waals surface area contributed by atoms with Gasteiger partial charge in [-0.25, -0.2) is 4.79 Å². The van der Waals surface area contributed by atoms with Crippen LogP contribution in [0.3, 0.4) is 0 Å². The van der Waals surface area contributed by atoms with Gasteiger partial charge >= 0.3 is 5.97 Å². The summed E-state index contributed by atoms with van der Waals surface area (Å²) in [6.45, 7) is 2.43. The molecule has 0 aliphatic heterocycles. The van der Waals surface area contributed by atoms with Crippen LogP contribution in [0.1, 0.15) is 6.92 Å². The Morgan fingerprint density at radius 1 is 1.70 bits per heavy atom. The molecule has 0 saturated heterocycles. The van der Waals surface area contributed by atoms with E-state index in [4.69, 9.17) is 5.73 Å². The molecule has 0 heterocycles. The van der Waals surface area contributed by atoms with Crippen molar-refractivity contribution in [1.29, 1.82) is 0 Å². The van der Waals surface area contributed by atoms with E-state index in [9.17, 15) is 4.79 Å². The van der Waals surface area contributed by atoms with Gasteiger partial charge < -0.3 is 10.5 Å². The number of esters is 1. The fourth-order valence-corrected chi connectivity index (χ4v) is 0.344. The summed E-state index contributed by atoms with van der Waals surface area (Å²) < 4.78 is 4.58. The zero-order valence-corrected chi connectivity index (χ0v) is 6.69. The Balaban J connectivity index is 0. The molecular weight excluding hydrogens is 154 g/mol. The molecule has 0 amide bonds.